The Morgan fingerprint density at radius 1 is 1.33 bits per heavy atom. The summed E-state index contributed by atoms with van der Waals surface area (Å²) >= 11 is 1.35. The lowest BCUT2D eigenvalue weighted by molar-refractivity contribution is 0.102. The first-order valence-electron chi connectivity index (χ1n) is 7.36. The number of anilines is 1. The molecule has 3 heterocycles. The number of thiazole rings is 1. The number of fused-ring (bicyclic) bond motifs is 1. The highest BCUT2D eigenvalue weighted by molar-refractivity contribution is 7.14. The van der Waals surface area contributed by atoms with Crippen molar-refractivity contribution in [2.75, 3.05) is 5.32 Å². The summed E-state index contributed by atoms with van der Waals surface area (Å²) in [6.07, 6.45) is 1.80. The fourth-order valence-corrected chi connectivity index (χ4v) is 3.23. The molecule has 1 amide bonds. The number of nitrogens with zero attached hydrogens (tertiary/aromatic N) is 3. The van der Waals surface area contributed by atoms with Gasteiger partial charge in [0.25, 0.3) is 5.91 Å². The highest BCUT2D eigenvalue weighted by Crippen LogP contribution is 2.30. The van der Waals surface area contributed by atoms with Gasteiger partial charge in [-0.2, -0.15) is 5.10 Å². The molecule has 0 radical (unpaired) electrons. The molecule has 0 bridgehead atoms. The number of amides is 1. The van der Waals surface area contributed by atoms with Crippen LogP contribution in [0.3, 0.4) is 0 Å². The number of para-hydroxylation sites is 1. The van der Waals surface area contributed by atoms with Gasteiger partial charge in [0.2, 0.25) is 0 Å². The van der Waals surface area contributed by atoms with E-state index in [1.807, 2.05) is 42.6 Å². The Bertz CT molecular complexity index is 1010. The number of carbonyl (C=O) groups is 1. The van der Waals surface area contributed by atoms with Gasteiger partial charge in [-0.15, -0.1) is 11.3 Å². The molecule has 0 atom stereocenters. The van der Waals surface area contributed by atoms with E-state index in [9.17, 15) is 4.79 Å². The number of aromatic nitrogens is 3. The zero-order valence-corrected chi connectivity index (χ0v) is 13.9. The number of aryl methyl sites for hydroxylation is 2. The highest BCUT2D eigenvalue weighted by Gasteiger charge is 2.16. The zero-order chi connectivity index (χ0) is 16.7. The minimum Gasteiger partial charge on any atom is -0.454 e. The van der Waals surface area contributed by atoms with Crippen molar-refractivity contribution < 1.29 is 9.21 Å². The van der Waals surface area contributed by atoms with Crippen LogP contribution in [0.1, 0.15) is 16.1 Å². The standard InChI is InChI=1S/C17H14N4O2S/c1-10-8-21(2)20-15(10)16(22)19-17-18-12(9-24-17)14-7-11-5-3-4-6-13(11)23-14/h3-9H,1-2H3,(H,18,19,22). The lowest BCUT2D eigenvalue weighted by Gasteiger charge is -1.98. The summed E-state index contributed by atoms with van der Waals surface area (Å²) < 4.78 is 7.41. The normalized spacial score (nSPS) is 11.1. The van der Waals surface area contributed by atoms with Crippen LogP contribution in [0.25, 0.3) is 22.4 Å². The second-order valence-corrected chi connectivity index (χ2v) is 6.33. The summed E-state index contributed by atoms with van der Waals surface area (Å²) in [6.45, 7) is 1.85. The maximum atomic E-state index is 12.3. The first-order chi connectivity index (χ1) is 11.6. The summed E-state index contributed by atoms with van der Waals surface area (Å²) in [4.78, 5) is 16.7. The third kappa shape index (κ3) is 2.59. The van der Waals surface area contributed by atoms with E-state index in [2.05, 4.69) is 15.4 Å². The number of carbonyl (C=O) groups excluding carboxylic acids is 1. The van der Waals surface area contributed by atoms with Gasteiger partial charge in [0.05, 0.1) is 0 Å². The van der Waals surface area contributed by atoms with Gasteiger partial charge >= 0.3 is 0 Å². The molecule has 24 heavy (non-hydrogen) atoms. The lowest BCUT2D eigenvalue weighted by Crippen LogP contribution is -2.13. The van der Waals surface area contributed by atoms with Crippen molar-refractivity contribution in [2.24, 2.45) is 7.05 Å². The fraction of sp³-hybridized carbons (Fsp3) is 0.118. The first-order valence-corrected chi connectivity index (χ1v) is 8.24. The Morgan fingerprint density at radius 2 is 2.17 bits per heavy atom. The van der Waals surface area contributed by atoms with Gasteiger partial charge in [0, 0.05) is 29.6 Å². The van der Waals surface area contributed by atoms with E-state index >= 15 is 0 Å². The van der Waals surface area contributed by atoms with Gasteiger partial charge in [-0.1, -0.05) is 18.2 Å². The molecule has 0 unspecified atom stereocenters. The molecule has 4 aromatic rings. The smallest absolute Gasteiger partial charge is 0.278 e. The van der Waals surface area contributed by atoms with Crippen LogP contribution >= 0.6 is 11.3 Å². The Morgan fingerprint density at radius 3 is 2.92 bits per heavy atom. The topological polar surface area (TPSA) is 73.0 Å². The van der Waals surface area contributed by atoms with Crippen molar-refractivity contribution in [1.82, 2.24) is 14.8 Å². The number of furan rings is 1. The molecule has 120 valence electrons. The van der Waals surface area contributed by atoms with E-state index in [4.69, 9.17) is 4.42 Å². The van der Waals surface area contributed by atoms with Gasteiger partial charge in [-0.05, 0) is 19.1 Å². The van der Waals surface area contributed by atoms with E-state index in [-0.39, 0.29) is 5.91 Å². The van der Waals surface area contributed by atoms with E-state index in [0.717, 1.165) is 16.5 Å². The predicted octanol–water partition coefficient (Wildman–Crippen LogP) is 3.85. The van der Waals surface area contributed by atoms with Crippen LogP contribution in [0.2, 0.25) is 0 Å². The molecule has 7 heteroatoms. The fourth-order valence-electron chi connectivity index (χ4n) is 2.54. The molecule has 3 aromatic heterocycles. The highest BCUT2D eigenvalue weighted by atomic mass is 32.1. The Hall–Kier alpha value is -2.93. The second kappa shape index (κ2) is 5.61. The molecule has 0 aliphatic heterocycles. The van der Waals surface area contributed by atoms with Crippen LogP contribution < -0.4 is 5.32 Å². The van der Waals surface area contributed by atoms with Crippen molar-refractivity contribution >= 4 is 33.3 Å². The van der Waals surface area contributed by atoms with Crippen molar-refractivity contribution in [2.45, 2.75) is 6.92 Å². The molecule has 1 aromatic carbocycles. The average molecular weight is 338 g/mol. The summed E-state index contributed by atoms with van der Waals surface area (Å²) in [5.41, 5.74) is 2.74. The van der Waals surface area contributed by atoms with Crippen LogP contribution in [-0.2, 0) is 7.05 Å². The van der Waals surface area contributed by atoms with Crippen LogP contribution in [0.5, 0.6) is 0 Å². The van der Waals surface area contributed by atoms with Crippen molar-refractivity contribution in [1.29, 1.82) is 0 Å². The van der Waals surface area contributed by atoms with Crippen LogP contribution in [-0.4, -0.2) is 20.7 Å². The average Bonchev–Trinajstić information content (AvgIpc) is 3.24. The van der Waals surface area contributed by atoms with E-state index in [1.54, 1.807) is 17.9 Å². The number of hydrogen-bond donors (Lipinski definition) is 1. The molecule has 1 N–H and O–H groups in total. The summed E-state index contributed by atoms with van der Waals surface area (Å²) in [5.74, 6) is 0.417. The number of benzene rings is 1. The minimum atomic E-state index is -0.265. The maximum Gasteiger partial charge on any atom is 0.278 e. The molecule has 0 aliphatic rings. The molecule has 4 rings (SSSR count). The molecule has 0 saturated carbocycles. The van der Waals surface area contributed by atoms with Gasteiger partial charge in [-0.3, -0.25) is 14.8 Å². The monoisotopic (exact) mass is 338 g/mol. The summed E-state index contributed by atoms with van der Waals surface area (Å²) in [5, 5.41) is 10.3. The number of nitrogens with one attached hydrogen (secondary N) is 1. The minimum absolute atomic E-state index is 0.265. The molecule has 0 fully saturated rings. The molecule has 0 saturated heterocycles. The third-order valence-electron chi connectivity index (χ3n) is 3.63. The van der Waals surface area contributed by atoms with Crippen LogP contribution in [0, 0.1) is 6.92 Å². The molecule has 0 spiro atoms. The molecule has 6 nitrogen and oxygen atoms in total. The van der Waals surface area contributed by atoms with Crippen molar-refractivity contribution in [3.63, 3.8) is 0 Å². The molecule has 0 aliphatic carbocycles. The van der Waals surface area contributed by atoms with E-state index < -0.39 is 0 Å². The largest absolute Gasteiger partial charge is 0.454 e. The van der Waals surface area contributed by atoms with Crippen molar-refractivity contribution in [3.05, 3.63) is 53.2 Å². The van der Waals surface area contributed by atoms with Gasteiger partial charge in [0.15, 0.2) is 16.6 Å². The van der Waals surface area contributed by atoms with E-state index in [0.29, 0.717) is 22.3 Å². The Labute approximate surface area is 141 Å². The molecular weight excluding hydrogens is 324 g/mol. The van der Waals surface area contributed by atoms with E-state index in [1.165, 1.54) is 11.3 Å². The lowest BCUT2D eigenvalue weighted by atomic mass is 10.2. The number of hydrogen-bond acceptors (Lipinski definition) is 5. The van der Waals surface area contributed by atoms with Crippen LogP contribution in [0.15, 0.2) is 46.3 Å². The second-order valence-electron chi connectivity index (χ2n) is 5.47. The summed E-state index contributed by atoms with van der Waals surface area (Å²) in [6, 6.07) is 9.74. The summed E-state index contributed by atoms with van der Waals surface area (Å²) in [7, 11) is 1.78. The SMILES string of the molecule is Cc1cn(C)nc1C(=O)Nc1nc(-c2cc3ccccc3o2)cs1. The third-order valence-corrected chi connectivity index (χ3v) is 4.39. The molecular formula is C17H14N4O2S. The van der Waals surface area contributed by atoms with Gasteiger partial charge < -0.3 is 4.42 Å². The maximum absolute atomic E-state index is 12.3. The zero-order valence-electron chi connectivity index (χ0n) is 13.1. The van der Waals surface area contributed by atoms with Gasteiger partial charge in [-0.25, -0.2) is 4.98 Å². The Balaban J connectivity index is 1.58. The first kappa shape index (κ1) is 14.6. The Kier molecular flexibility index (Phi) is 3.42. The number of rotatable bonds is 3. The quantitative estimate of drug-likeness (QED) is 0.616. The van der Waals surface area contributed by atoms with Crippen LogP contribution in [0.4, 0.5) is 5.13 Å². The van der Waals surface area contributed by atoms with Gasteiger partial charge in [0.1, 0.15) is 11.3 Å². The van der Waals surface area contributed by atoms with Crippen molar-refractivity contribution in [3.8, 4) is 11.5 Å². The predicted molar refractivity (Wildman–Crippen MR) is 93.2 cm³/mol.